The lowest BCUT2D eigenvalue weighted by molar-refractivity contribution is -0.308. The fraction of sp³-hybridized carbons (Fsp3) is 0.833. The molecule has 0 heterocycles. The molecule has 0 atom stereocenters. The van der Waals surface area contributed by atoms with Gasteiger partial charge in [-0.2, -0.15) is 0 Å². The van der Waals surface area contributed by atoms with Crippen LogP contribution in [0.5, 0.6) is 0 Å². The van der Waals surface area contributed by atoms with Gasteiger partial charge < -0.3 is 9.90 Å². The number of carbonyl (C=O) groups is 1. The van der Waals surface area contributed by atoms with Gasteiger partial charge >= 0.3 is 0 Å². The second-order valence-electron chi connectivity index (χ2n) is 2.46. The SMILES string of the molecule is O=C([O-])C1(I)CCCC1. The lowest BCUT2D eigenvalue weighted by atomic mass is 10.1. The monoisotopic (exact) mass is 239 g/mol. The number of carbonyl (C=O) groups excluding carboxylic acids is 1. The van der Waals surface area contributed by atoms with Gasteiger partial charge in [0, 0.05) is 0 Å². The van der Waals surface area contributed by atoms with Crippen LogP contribution < -0.4 is 5.11 Å². The smallest absolute Gasteiger partial charge is 0.0615 e. The minimum absolute atomic E-state index is 0.530. The minimum Gasteiger partial charge on any atom is -0.549 e. The van der Waals surface area contributed by atoms with Crippen molar-refractivity contribution in [1.82, 2.24) is 0 Å². The van der Waals surface area contributed by atoms with Gasteiger partial charge in [-0.15, -0.1) is 0 Å². The van der Waals surface area contributed by atoms with Crippen molar-refractivity contribution >= 4 is 28.6 Å². The Labute approximate surface area is 67.8 Å². The number of hydrogen-bond donors (Lipinski definition) is 0. The molecule has 0 bridgehead atoms. The van der Waals surface area contributed by atoms with Crippen LogP contribution in [0.4, 0.5) is 0 Å². The molecule has 3 heteroatoms. The Bertz CT molecular complexity index is 127. The molecular weight excluding hydrogens is 231 g/mol. The Hall–Kier alpha value is 0.200. The fourth-order valence-corrected chi connectivity index (χ4v) is 1.90. The van der Waals surface area contributed by atoms with Crippen LogP contribution in [0.2, 0.25) is 0 Å². The second-order valence-corrected chi connectivity index (χ2v) is 4.52. The van der Waals surface area contributed by atoms with E-state index in [0.717, 1.165) is 25.7 Å². The molecule has 9 heavy (non-hydrogen) atoms. The van der Waals surface area contributed by atoms with Crippen molar-refractivity contribution in [2.24, 2.45) is 0 Å². The summed E-state index contributed by atoms with van der Waals surface area (Å²) in [7, 11) is 0. The standard InChI is InChI=1S/C6H9IO2/c7-6(5(8)9)3-1-2-4-6/h1-4H2,(H,8,9)/p-1. The lowest BCUT2D eigenvalue weighted by Crippen LogP contribution is -2.41. The molecule has 0 aliphatic heterocycles. The maximum Gasteiger partial charge on any atom is 0.0615 e. The summed E-state index contributed by atoms with van der Waals surface area (Å²) in [6.45, 7) is 0. The van der Waals surface area contributed by atoms with E-state index in [1.807, 2.05) is 22.6 Å². The van der Waals surface area contributed by atoms with Crippen LogP contribution in [0.15, 0.2) is 0 Å². The highest BCUT2D eigenvalue weighted by atomic mass is 127. The third-order valence-electron chi connectivity index (χ3n) is 1.76. The fourth-order valence-electron chi connectivity index (χ4n) is 1.14. The van der Waals surface area contributed by atoms with Gasteiger partial charge in [-0.05, 0) is 12.8 Å². The van der Waals surface area contributed by atoms with E-state index in [0.29, 0.717) is 0 Å². The molecular formula is C6H8IO2-. The van der Waals surface area contributed by atoms with E-state index in [1.54, 1.807) is 0 Å². The predicted octanol–water partition coefficient (Wildman–Crippen LogP) is 0.484. The maximum atomic E-state index is 10.4. The van der Waals surface area contributed by atoms with Crippen molar-refractivity contribution in [3.05, 3.63) is 0 Å². The van der Waals surface area contributed by atoms with E-state index < -0.39 is 9.39 Å². The Morgan fingerprint density at radius 3 is 2.11 bits per heavy atom. The Morgan fingerprint density at radius 2 is 1.89 bits per heavy atom. The van der Waals surface area contributed by atoms with Crippen molar-refractivity contribution in [1.29, 1.82) is 0 Å². The van der Waals surface area contributed by atoms with Gasteiger partial charge in [0.25, 0.3) is 0 Å². The van der Waals surface area contributed by atoms with E-state index in [4.69, 9.17) is 0 Å². The summed E-state index contributed by atoms with van der Waals surface area (Å²) < 4.78 is -0.530. The average molecular weight is 239 g/mol. The second kappa shape index (κ2) is 2.44. The molecule has 0 radical (unpaired) electrons. The quantitative estimate of drug-likeness (QED) is 0.493. The van der Waals surface area contributed by atoms with Gasteiger partial charge in [0.1, 0.15) is 0 Å². The van der Waals surface area contributed by atoms with Crippen LogP contribution in [0, 0.1) is 0 Å². The van der Waals surface area contributed by atoms with Crippen molar-refractivity contribution in [3.8, 4) is 0 Å². The first-order valence-electron chi connectivity index (χ1n) is 3.05. The normalized spacial score (nSPS) is 24.1. The molecule has 0 aromatic rings. The zero-order chi connectivity index (χ0) is 6.91. The van der Waals surface area contributed by atoms with Crippen LogP contribution in [0.1, 0.15) is 25.7 Å². The van der Waals surface area contributed by atoms with Crippen LogP contribution >= 0.6 is 22.6 Å². The van der Waals surface area contributed by atoms with Gasteiger partial charge in [0.15, 0.2) is 0 Å². The molecule has 0 spiro atoms. The van der Waals surface area contributed by atoms with Crippen molar-refractivity contribution in [3.63, 3.8) is 0 Å². The molecule has 0 unspecified atom stereocenters. The Morgan fingerprint density at radius 1 is 1.44 bits per heavy atom. The molecule has 1 aliphatic rings. The van der Waals surface area contributed by atoms with Gasteiger partial charge in [0.05, 0.1) is 9.39 Å². The summed E-state index contributed by atoms with van der Waals surface area (Å²) in [5.74, 6) is -0.888. The van der Waals surface area contributed by atoms with Crippen LogP contribution in [0.3, 0.4) is 0 Å². The Kier molecular flexibility index (Phi) is 1.98. The van der Waals surface area contributed by atoms with E-state index in [9.17, 15) is 9.90 Å². The number of aliphatic carboxylic acids is 1. The van der Waals surface area contributed by atoms with Crippen molar-refractivity contribution in [2.45, 2.75) is 29.1 Å². The summed E-state index contributed by atoms with van der Waals surface area (Å²) in [4.78, 5) is 10.4. The van der Waals surface area contributed by atoms with E-state index >= 15 is 0 Å². The number of rotatable bonds is 1. The van der Waals surface area contributed by atoms with Crippen molar-refractivity contribution < 1.29 is 9.90 Å². The molecule has 0 amide bonds. The Balaban J connectivity index is 2.61. The molecule has 52 valence electrons. The molecule has 0 aromatic heterocycles. The highest BCUT2D eigenvalue weighted by Gasteiger charge is 2.31. The van der Waals surface area contributed by atoms with E-state index in [2.05, 4.69) is 0 Å². The molecule has 2 nitrogen and oxygen atoms in total. The van der Waals surface area contributed by atoms with Crippen LogP contribution in [-0.2, 0) is 4.79 Å². The third kappa shape index (κ3) is 1.36. The number of alkyl halides is 1. The lowest BCUT2D eigenvalue weighted by Gasteiger charge is -2.21. The highest BCUT2D eigenvalue weighted by molar-refractivity contribution is 14.1. The largest absolute Gasteiger partial charge is 0.549 e. The van der Waals surface area contributed by atoms with E-state index in [-0.39, 0.29) is 0 Å². The molecule has 0 saturated heterocycles. The first-order chi connectivity index (χ1) is 4.15. The summed E-state index contributed by atoms with van der Waals surface area (Å²) >= 11 is 1.99. The van der Waals surface area contributed by atoms with Gasteiger partial charge in [-0.1, -0.05) is 35.4 Å². The first kappa shape index (κ1) is 7.31. The molecule has 0 aromatic carbocycles. The minimum atomic E-state index is -0.888. The number of hydrogen-bond acceptors (Lipinski definition) is 2. The molecule has 1 rings (SSSR count). The maximum absolute atomic E-state index is 10.4. The van der Waals surface area contributed by atoms with Gasteiger partial charge in [-0.3, -0.25) is 0 Å². The first-order valence-corrected chi connectivity index (χ1v) is 4.13. The topological polar surface area (TPSA) is 40.1 Å². The number of halogens is 1. The number of carboxylic acids is 1. The highest BCUT2D eigenvalue weighted by Crippen LogP contribution is 2.37. The van der Waals surface area contributed by atoms with Gasteiger partial charge in [-0.25, -0.2) is 0 Å². The number of carboxylic acid groups (broad SMARTS) is 1. The molecule has 1 saturated carbocycles. The summed E-state index contributed by atoms with van der Waals surface area (Å²) in [5.41, 5.74) is 0. The predicted molar refractivity (Wildman–Crippen MR) is 40.2 cm³/mol. The third-order valence-corrected chi connectivity index (χ3v) is 3.28. The summed E-state index contributed by atoms with van der Waals surface area (Å²) in [6.07, 6.45) is 3.65. The summed E-state index contributed by atoms with van der Waals surface area (Å²) in [6, 6.07) is 0. The summed E-state index contributed by atoms with van der Waals surface area (Å²) in [5, 5.41) is 10.4. The zero-order valence-electron chi connectivity index (χ0n) is 5.02. The zero-order valence-corrected chi connectivity index (χ0v) is 7.18. The molecule has 1 fully saturated rings. The average Bonchev–Trinajstić information content (AvgIpc) is 2.16. The van der Waals surface area contributed by atoms with E-state index in [1.165, 1.54) is 0 Å². The molecule has 0 N–H and O–H groups in total. The van der Waals surface area contributed by atoms with Crippen LogP contribution in [0.25, 0.3) is 0 Å². The van der Waals surface area contributed by atoms with Crippen molar-refractivity contribution in [2.75, 3.05) is 0 Å². The van der Waals surface area contributed by atoms with Crippen LogP contribution in [-0.4, -0.2) is 9.39 Å². The van der Waals surface area contributed by atoms with Gasteiger partial charge in [0.2, 0.25) is 0 Å². The molecule has 1 aliphatic carbocycles.